The van der Waals surface area contributed by atoms with Crippen LogP contribution in [0.2, 0.25) is 0 Å². The summed E-state index contributed by atoms with van der Waals surface area (Å²) in [7, 11) is -3.02. The standard InChI is InChI=1S/C13H21N5O7S/c1-14-8-4-7(5-8)11(19)15-16-12(20)10-3-2-9-6-17(10)13(21)18(9)25-26(22,23)24/h7-10,14H,2-6H2,1H3,(H,15,19)(H,16,20)(H,22,23,24)/t7?,8?,9?,10-/m0/s1. The lowest BCUT2D eigenvalue weighted by atomic mass is 9.80. The Labute approximate surface area is 150 Å². The monoisotopic (exact) mass is 391 g/mol. The molecule has 4 amide bonds. The van der Waals surface area contributed by atoms with Gasteiger partial charge in [-0.1, -0.05) is 0 Å². The molecule has 26 heavy (non-hydrogen) atoms. The maximum Gasteiger partial charge on any atom is 0.418 e. The number of hydrazine groups is 1. The van der Waals surface area contributed by atoms with Crippen molar-refractivity contribution in [3.8, 4) is 0 Å². The van der Waals surface area contributed by atoms with E-state index in [1.165, 1.54) is 0 Å². The van der Waals surface area contributed by atoms with Crippen LogP contribution in [0, 0.1) is 5.92 Å². The smallest absolute Gasteiger partial charge is 0.317 e. The van der Waals surface area contributed by atoms with Crippen LogP contribution in [-0.2, 0) is 24.3 Å². The first-order chi connectivity index (χ1) is 12.2. The zero-order valence-electron chi connectivity index (χ0n) is 14.0. The molecule has 2 saturated heterocycles. The minimum absolute atomic E-state index is 0.0901. The number of carbonyl (C=O) groups is 3. The Morgan fingerprint density at radius 3 is 2.46 bits per heavy atom. The summed E-state index contributed by atoms with van der Waals surface area (Å²) in [5.74, 6) is -1.03. The van der Waals surface area contributed by atoms with Crippen LogP contribution in [0.5, 0.6) is 0 Å². The highest BCUT2D eigenvalue weighted by Gasteiger charge is 2.49. The highest BCUT2D eigenvalue weighted by Crippen LogP contribution is 2.31. The first kappa shape index (κ1) is 18.8. The lowest BCUT2D eigenvalue weighted by Gasteiger charge is -2.34. The second-order valence-electron chi connectivity index (χ2n) is 6.64. The van der Waals surface area contributed by atoms with Gasteiger partial charge in [0.25, 0.3) is 5.91 Å². The van der Waals surface area contributed by atoms with Crippen LogP contribution in [0.3, 0.4) is 0 Å². The summed E-state index contributed by atoms with van der Waals surface area (Å²) < 4.78 is 34.7. The van der Waals surface area contributed by atoms with Gasteiger partial charge in [0.05, 0.1) is 6.04 Å². The number of hydrogen-bond donors (Lipinski definition) is 4. The molecule has 146 valence electrons. The van der Waals surface area contributed by atoms with Gasteiger partial charge < -0.3 is 10.2 Å². The van der Waals surface area contributed by atoms with E-state index < -0.39 is 34.4 Å². The maximum atomic E-state index is 12.3. The molecular formula is C13H21N5O7S. The molecule has 2 aliphatic heterocycles. The molecule has 12 nitrogen and oxygen atoms in total. The van der Waals surface area contributed by atoms with Crippen molar-refractivity contribution in [2.24, 2.45) is 5.92 Å². The van der Waals surface area contributed by atoms with E-state index in [1.807, 2.05) is 7.05 Å². The molecule has 0 spiro atoms. The largest absolute Gasteiger partial charge is 0.418 e. The van der Waals surface area contributed by atoms with E-state index >= 15 is 0 Å². The molecule has 4 N–H and O–H groups in total. The Bertz CT molecular complexity index is 708. The summed E-state index contributed by atoms with van der Waals surface area (Å²) in [6, 6.07) is -1.96. The fraction of sp³-hybridized carbons (Fsp3) is 0.769. The molecule has 1 saturated carbocycles. The van der Waals surface area contributed by atoms with Crippen molar-refractivity contribution in [2.45, 2.75) is 43.8 Å². The first-order valence-corrected chi connectivity index (χ1v) is 9.60. The first-order valence-electron chi connectivity index (χ1n) is 8.23. The van der Waals surface area contributed by atoms with Crippen LogP contribution < -0.4 is 16.2 Å². The number of hydrogen-bond acceptors (Lipinski definition) is 7. The molecule has 1 unspecified atom stereocenters. The van der Waals surface area contributed by atoms with Crippen molar-refractivity contribution in [3.05, 3.63) is 0 Å². The van der Waals surface area contributed by atoms with Crippen molar-refractivity contribution in [2.75, 3.05) is 13.6 Å². The maximum absolute atomic E-state index is 12.3. The second-order valence-corrected chi connectivity index (χ2v) is 7.65. The Morgan fingerprint density at radius 2 is 1.85 bits per heavy atom. The number of fused-ring (bicyclic) bond motifs is 2. The molecule has 2 heterocycles. The normalized spacial score (nSPS) is 30.8. The van der Waals surface area contributed by atoms with Gasteiger partial charge in [-0.15, -0.1) is 4.28 Å². The van der Waals surface area contributed by atoms with Crippen molar-refractivity contribution >= 4 is 28.2 Å². The third kappa shape index (κ3) is 3.75. The van der Waals surface area contributed by atoms with Crippen LogP contribution in [-0.4, -0.2) is 72.5 Å². The highest BCUT2D eigenvalue weighted by molar-refractivity contribution is 7.80. The average Bonchev–Trinajstić information content (AvgIpc) is 2.75. The molecule has 0 aromatic heterocycles. The highest BCUT2D eigenvalue weighted by atomic mass is 32.3. The molecule has 3 rings (SSSR count). The molecule has 0 aromatic rings. The van der Waals surface area contributed by atoms with Gasteiger partial charge in [0, 0.05) is 18.5 Å². The van der Waals surface area contributed by atoms with Gasteiger partial charge in [-0.25, -0.2) is 4.79 Å². The predicted octanol–water partition coefficient (Wildman–Crippen LogP) is -1.87. The molecule has 3 fully saturated rings. The minimum atomic E-state index is -4.84. The van der Waals surface area contributed by atoms with E-state index in [-0.39, 0.29) is 24.8 Å². The zero-order chi connectivity index (χ0) is 19.1. The van der Waals surface area contributed by atoms with Gasteiger partial charge in [0.15, 0.2) is 0 Å². The van der Waals surface area contributed by atoms with E-state index in [2.05, 4.69) is 20.5 Å². The summed E-state index contributed by atoms with van der Waals surface area (Å²) in [4.78, 5) is 37.6. The van der Waals surface area contributed by atoms with Crippen molar-refractivity contribution in [1.82, 2.24) is 26.1 Å². The second kappa shape index (κ2) is 6.98. The molecule has 13 heteroatoms. The fourth-order valence-electron chi connectivity index (χ4n) is 3.48. The third-order valence-corrected chi connectivity index (χ3v) is 5.38. The minimum Gasteiger partial charge on any atom is -0.317 e. The number of hydroxylamine groups is 2. The van der Waals surface area contributed by atoms with E-state index in [0.29, 0.717) is 30.4 Å². The lowest BCUT2D eigenvalue weighted by molar-refractivity contribution is -0.135. The Morgan fingerprint density at radius 1 is 1.19 bits per heavy atom. The molecule has 0 aromatic carbocycles. The van der Waals surface area contributed by atoms with Crippen LogP contribution >= 0.6 is 0 Å². The van der Waals surface area contributed by atoms with Crippen LogP contribution in [0.15, 0.2) is 0 Å². The van der Waals surface area contributed by atoms with Crippen molar-refractivity contribution in [3.63, 3.8) is 0 Å². The predicted molar refractivity (Wildman–Crippen MR) is 85.2 cm³/mol. The van der Waals surface area contributed by atoms with Gasteiger partial charge in [0.2, 0.25) is 5.91 Å². The van der Waals surface area contributed by atoms with Crippen LogP contribution in [0.1, 0.15) is 25.7 Å². The number of urea groups is 1. The molecule has 3 aliphatic rings. The van der Waals surface area contributed by atoms with Gasteiger partial charge in [-0.3, -0.25) is 25.0 Å². The molecular weight excluding hydrogens is 370 g/mol. The summed E-state index contributed by atoms with van der Waals surface area (Å²) in [6.07, 6.45) is 1.97. The fourth-order valence-corrected chi connectivity index (χ4v) is 3.87. The third-order valence-electron chi connectivity index (χ3n) is 5.03. The lowest BCUT2D eigenvalue weighted by Crippen LogP contribution is -2.56. The summed E-state index contributed by atoms with van der Waals surface area (Å²) in [6.45, 7) is 0.0901. The summed E-state index contributed by atoms with van der Waals surface area (Å²) in [5.41, 5.74) is 4.68. The summed E-state index contributed by atoms with van der Waals surface area (Å²) in [5, 5.41) is 3.62. The molecule has 1 aliphatic carbocycles. The van der Waals surface area contributed by atoms with Crippen molar-refractivity contribution in [1.29, 1.82) is 0 Å². The van der Waals surface area contributed by atoms with Gasteiger partial charge in [-0.2, -0.15) is 13.5 Å². The van der Waals surface area contributed by atoms with E-state index in [4.69, 9.17) is 4.55 Å². The average molecular weight is 391 g/mol. The molecule has 2 bridgehead atoms. The SMILES string of the molecule is CNC1CC(C(=O)NNC(=O)[C@@H]2CCC3CN2C(=O)N3OS(=O)(=O)O)C1. The number of carbonyl (C=O) groups excluding carboxylic acids is 3. The van der Waals surface area contributed by atoms with E-state index in [9.17, 15) is 22.8 Å². The number of rotatable bonds is 5. The molecule has 2 atom stereocenters. The van der Waals surface area contributed by atoms with Gasteiger partial charge in [-0.05, 0) is 32.7 Å². The van der Waals surface area contributed by atoms with Crippen LogP contribution in [0.4, 0.5) is 4.79 Å². The Balaban J connectivity index is 1.53. The zero-order valence-corrected chi connectivity index (χ0v) is 14.9. The Hall–Kier alpha value is -1.96. The topological polar surface area (TPSA) is 157 Å². The van der Waals surface area contributed by atoms with Gasteiger partial charge in [0.1, 0.15) is 6.04 Å². The Kier molecular flexibility index (Phi) is 5.05. The number of nitrogens with zero attached hydrogens (tertiary/aromatic N) is 2. The van der Waals surface area contributed by atoms with E-state index in [0.717, 1.165) is 4.90 Å². The van der Waals surface area contributed by atoms with E-state index in [1.54, 1.807) is 0 Å². The quantitative estimate of drug-likeness (QED) is 0.314. The van der Waals surface area contributed by atoms with Gasteiger partial charge >= 0.3 is 16.4 Å². The number of amides is 4. The number of piperidine rings is 1. The van der Waals surface area contributed by atoms with Crippen LogP contribution in [0.25, 0.3) is 0 Å². The summed E-state index contributed by atoms with van der Waals surface area (Å²) >= 11 is 0. The number of nitrogens with one attached hydrogen (secondary N) is 3. The van der Waals surface area contributed by atoms with Crippen molar-refractivity contribution < 1.29 is 31.6 Å². The molecule has 0 radical (unpaired) electrons.